The van der Waals surface area contributed by atoms with E-state index in [4.69, 9.17) is 42.6 Å². The fourth-order valence-electron chi connectivity index (χ4n) is 14.3. The zero-order chi connectivity index (χ0) is 55.6. The van der Waals surface area contributed by atoms with Crippen LogP contribution >= 0.6 is 0 Å². The van der Waals surface area contributed by atoms with E-state index in [9.17, 15) is 66.1 Å². The second kappa shape index (κ2) is 23.9. The highest BCUT2D eigenvalue weighted by Gasteiger charge is 2.67. The first-order valence-electron chi connectivity index (χ1n) is 27.4. The summed E-state index contributed by atoms with van der Waals surface area (Å²) in [6, 6.07) is 0. The summed E-state index contributed by atoms with van der Waals surface area (Å²) >= 11 is 0. The summed E-state index contributed by atoms with van der Waals surface area (Å²) in [6.45, 7) is 13.1. The van der Waals surface area contributed by atoms with Crippen molar-refractivity contribution < 1.29 is 113 Å². The van der Waals surface area contributed by atoms with Crippen molar-refractivity contribution in [1.29, 1.82) is 0 Å². The summed E-state index contributed by atoms with van der Waals surface area (Å²) < 4.78 is 54.3. The van der Waals surface area contributed by atoms with Crippen molar-refractivity contribution in [1.82, 2.24) is 0 Å². The Labute approximate surface area is 443 Å². The van der Waals surface area contributed by atoms with E-state index in [0.717, 1.165) is 12.0 Å². The van der Waals surface area contributed by atoms with E-state index in [1.54, 1.807) is 0 Å². The molecule has 0 amide bonds. The lowest BCUT2D eigenvalue weighted by Gasteiger charge is -2.58. The van der Waals surface area contributed by atoms with E-state index < -0.39 is 183 Å². The number of allylic oxidation sites excluding steroid dienone is 1. The molecule has 4 aliphatic heterocycles. The van der Waals surface area contributed by atoms with Gasteiger partial charge in [-0.3, -0.25) is 9.59 Å². The van der Waals surface area contributed by atoms with Gasteiger partial charge in [0.2, 0.25) is 0 Å². The monoisotopic (exact) mass is 1090 g/mol. The predicted molar refractivity (Wildman–Crippen MR) is 259 cm³/mol. The van der Waals surface area contributed by atoms with Gasteiger partial charge in [0.15, 0.2) is 25.2 Å². The van der Waals surface area contributed by atoms with Crippen LogP contribution in [0.15, 0.2) is 11.6 Å². The fourth-order valence-corrected chi connectivity index (χ4v) is 14.3. The fraction of sp³-hybridized carbons (Fsp3) is 0.925. The Morgan fingerprint density at radius 3 is 1.83 bits per heavy atom. The summed E-state index contributed by atoms with van der Waals surface area (Å²) in [5.74, 6) is -1.70. The van der Waals surface area contributed by atoms with Crippen LogP contribution < -0.4 is 0 Å². The molecule has 0 aromatic heterocycles. The highest BCUT2D eigenvalue weighted by atomic mass is 16.8. The Kier molecular flexibility index (Phi) is 18.9. The smallest absolute Gasteiger partial charge is 0.302 e. The van der Waals surface area contributed by atoms with Gasteiger partial charge in [0.05, 0.1) is 37.1 Å². The minimum atomic E-state index is -1.80. The van der Waals surface area contributed by atoms with Gasteiger partial charge in [0.1, 0.15) is 97.8 Å². The minimum Gasteiger partial charge on any atom is -0.463 e. The Morgan fingerprint density at radius 2 is 1.25 bits per heavy atom. The molecule has 23 heteroatoms. The third kappa shape index (κ3) is 11.4. The van der Waals surface area contributed by atoms with Gasteiger partial charge < -0.3 is 104 Å². The van der Waals surface area contributed by atoms with Crippen LogP contribution in [-0.4, -0.2) is 227 Å². The first-order chi connectivity index (χ1) is 35.7. The van der Waals surface area contributed by atoms with Crippen LogP contribution in [0.5, 0.6) is 0 Å². The first kappa shape index (κ1) is 60.2. The lowest BCUT2D eigenvalue weighted by atomic mass is 9.46. The van der Waals surface area contributed by atoms with E-state index in [0.29, 0.717) is 44.4 Å². The molecule has 30 unspecified atom stereocenters. The number of hydrogen-bond donors (Lipinski definition) is 12. The number of carbonyl (C=O) groups is 2. The number of aliphatic hydroxyl groups excluding tert-OH is 12. The number of Topliss-reactive ketones (excluding diaryl/α,β-unsaturated/α-hetero) is 1. The Balaban J connectivity index is 1.04. The van der Waals surface area contributed by atoms with Gasteiger partial charge in [-0.1, -0.05) is 46.3 Å². The molecular formula is C53H86O23. The summed E-state index contributed by atoms with van der Waals surface area (Å²) in [7, 11) is 0. The lowest BCUT2D eigenvalue weighted by Crippen LogP contribution is -2.66. The third-order valence-corrected chi connectivity index (χ3v) is 19.0. The first-order valence-corrected chi connectivity index (χ1v) is 27.4. The summed E-state index contributed by atoms with van der Waals surface area (Å²) in [6.07, 6.45) is -26.8. The number of ether oxygens (including phenoxy) is 9. The number of ketones is 1. The molecule has 30 atom stereocenters. The van der Waals surface area contributed by atoms with Gasteiger partial charge >= 0.3 is 5.97 Å². The van der Waals surface area contributed by atoms with Gasteiger partial charge in [-0.25, -0.2) is 0 Å². The van der Waals surface area contributed by atoms with Crippen LogP contribution in [0.3, 0.4) is 0 Å². The highest BCUT2D eigenvalue weighted by Crippen LogP contribution is 2.67. The maximum atomic E-state index is 15.2. The molecule has 4 saturated heterocycles. The third-order valence-electron chi connectivity index (χ3n) is 19.0. The summed E-state index contributed by atoms with van der Waals surface area (Å²) in [5, 5.41) is 131. The van der Waals surface area contributed by atoms with Crippen molar-refractivity contribution in [2.45, 2.75) is 248 Å². The maximum absolute atomic E-state index is 15.2. The van der Waals surface area contributed by atoms with Crippen molar-refractivity contribution in [3.05, 3.63) is 11.6 Å². The second-order valence-electron chi connectivity index (χ2n) is 24.1. The number of hydrogen-bond acceptors (Lipinski definition) is 23. The SMILES string of the molecule is CC(=O)OCC1OC(OC2CC3C4CC=C5CC(OC6OC(CO)C(OC7OC(C)C(O)C(O)C7O)C(O)C6OC6OC(C)C(O)C(O)C6O)CCC5(C)C4CC(=O)C3(C)C2C(C)C(O)CCC(C)C)C(O)C(O)C1O. The summed E-state index contributed by atoms with van der Waals surface area (Å²) in [4.78, 5) is 26.9. The van der Waals surface area contributed by atoms with Crippen LogP contribution in [0.25, 0.3) is 0 Å². The molecule has 0 spiro atoms. The van der Waals surface area contributed by atoms with E-state index in [2.05, 4.69) is 26.8 Å². The van der Waals surface area contributed by atoms with E-state index in [1.165, 1.54) is 20.8 Å². The average molecular weight is 1090 g/mol. The van der Waals surface area contributed by atoms with Gasteiger partial charge in [0, 0.05) is 24.7 Å². The molecule has 3 saturated carbocycles. The molecule has 4 aliphatic carbocycles. The molecule has 8 rings (SSSR count). The molecule has 76 heavy (non-hydrogen) atoms. The molecule has 8 aliphatic rings. The van der Waals surface area contributed by atoms with Crippen molar-refractivity contribution in [2.24, 2.45) is 46.3 Å². The number of fused-ring (bicyclic) bond motifs is 5. The van der Waals surface area contributed by atoms with Crippen LogP contribution in [0.4, 0.5) is 0 Å². The maximum Gasteiger partial charge on any atom is 0.302 e. The van der Waals surface area contributed by atoms with Gasteiger partial charge in [-0.2, -0.15) is 0 Å². The topological polar surface area (TPSA) is 360 Å². The molecule has 23 nitrogen and oxygen atoms in total. The standard InChI is InChI=1S/C53H86O23/c1-20(2)9-12-30(56)21(3)35-31(72-50-44(66)41(63)38(60)33(74-50)19-68-24(6)55)16-29-27-11-10-25-15-26(13-14-52(25,7)28(27)17-34(57)53(29,35)8)71-51-47(76-49-43(65)40(62)37(59)23(5)70-49)45(67)46(32(18-54)73-51)75-48-42(64)39(61)36(58)22(4)69-48/h10,20-23,26-33,35-51,54,56,58-67H,9,11-19H2,1-8H3. The second-order valence-corrected chi connectivity index (χ2v) is 24.1. The molecule has 12 N–H and O–H groups in total. The van der Waals surface area contributed by atoms with Crippen molar-refractivity contribution in [3.63, 3.8) is 0 Å². The Hall–Kier alpha value is -1.92. The highest BCUT2D eigenvalue weighted by molar-refractivity contribution is 5.87. The van der Waals surface area contributed by atoms with Gasteiger partial charge in [-0.05, 0) is 93.8 Å². The molecule has 7 fully saturated rings. The summed E-state index contributed by atoms with van der Waals surface area (Å²) in [5.41, 5.74) is -0.445. The zero-order valence-corrected chi connectivity index (χ0v) is 44.7. The Morgan fingerprint density at radius 1 is 0.684 bits per heavy atom. The van der Waals surface area contributed by atoms with Crippen molar-refractivity contribution >= 4 is 11.8 Å². The van der Waals surface area contributed by atoms with Crippen LogP contribution in [0.1, 0.15) is 107 Å². The largest absolute Gasteiger partial charge is 0.463 e. The molecule has 0 bridgehead atoms. The molecule has 0 aromatic carbocycles. The molecule has 0 aromatic rings. The van der Waals surface area contributed by atoms with E-state index in [1.807, 2.05) is 13.8 Å². The number of rotatable bonds is 16. The van der Waals surface area contributed by atoms with Crippen molar-refractivity contribution in [2.75, 3.05) is 13.2 Å². The van der Waals surface area contributed by atoms with Crippen LogP contribution in [0, 0.1) is 46.3 Å². The minimum absolute atomic E-state index is 0.0219. The van der Waals surface area contributed by atoms with Crippen molar-refractivity contribution in [3.8, 4) is 0 Å². The number of esters is 1. The average Bonchev–Trinajstić information content (AvgIpc) is 3.70. The van der Waals surface area contributed by atoms with Gasteiger partial charge in [0.25, 0.3) is 0 Å². The number of carbonyl (C=O) groups excluding carboxylic acids is 2. The zero-order valence-electron chi connectivity index (χ0n) is 44.7. The van der Waals surface area contributed by atoms with E-state index >= 15 is 4.79 Å². The van der Waals surface area contributed by atoms with Gasteiger partial charge in [-0.15, -0.1) is 0 Å². The normalized spacial score (nSPS) is 50.5. The molecule has 0 radical (unpaired) electrons. The molecular weight excluding hydrogens is 1000 g/mol. The van der Waals surface area contributed by atoms with Crippen LogP contribution in [0.2, 0.25) is 0 Å². The van der Waals surface area contributed by atoms with E-state index in [-0.39, 0.29) is 30.0 Å². The molecule has 436 valence electrons. The molecule has 4 heterocycles. The Bertz CT molecular complexity index is 2010. The number of aliphatic hydroxyl groups is 12. The van der Waals surface area contributed by atoms with Crippen LogP contribution in [-0.2, 0) is 52.2 Å². The predicted octanol–water partition coefficient (Wildman–Crippen LogP) is -1.57. The lowest BCUT2D eigenvalue weighted by molar-refractivity contribution is -0.388. The quantitative estimate of drug-likeness (QED) is 0.0614.